The minimum absolute atomic E-state index is 0.0376. The van der Waals surface area contributed by atoms with Gasteiger partial charge in [0.25, 0.3) is 0 Å². The van der Waals surface area contributed by atoms with E-state index in [1.807, 2.05) is 28.8 Å². The molecule has 2 fully saturated rings. The van der Waals surface area contributed by atoms with Crippen LogP contribution in [0.25, 0.3) is 0 Å². The molecule has 2 unspecified atom stereocenters. The topological polar surface area (TPSA) is 47.3 Å². The Morgan fingerprint density at radius 3 is 3.05 bits per heavy atom. The molecular formula is C15H24N2O2S. The van der Waals surface area contributed by atoms with Gasteiger partial charge in [-0.05, 0) is 50.0 Å². The highest BCUT2D eigenvalue weighted by molar-refractivity contribution is 7.99. The fourth-order valence-electron chi connectivity index (χ4n) is 3.40. The van der Waals surface area contributed by atoms with E-state index in [-0.39, 0.29) is 5.60 Å². The van der Waals surface area contributed by atoms with Crippen LogP contribution < -0.4 is 0 Å². The summed E-state index contributed by atoms with van der Waals surface area (Å²) in [6, 6.07) is 0. The molecule has 5 heteroatoms. The fourth-order valence-corrected chi connectivity index (χ4v) is 4.64. The lowest BCUT2D eigenvalue weighted by Gasteiger charge is -2.44. The second-order valence-electron chi connectivity index (χ2n) is 5.97. The quantitative estimate of drug-likeness (QED) is 0.931. The molecule has 2 atom stereocenters. The molecule has 0 saturated carbocycles. The van der Waals surface area contributed by atoms with Gasteiger partial charge in [0.05, 0.1) is 17.9 Å². The van der Waals surface area contributed by atoms with E-state index in [1.165, 1.54) is 11.5 Å². The van der Waals surface area contributed by atoms with Crippen LogP contribution in [0.4, 0.5) is 0 Å². The first-order chi connectivity index (χ1) is 9.72. The molecular weight excluding hydrogens is 272 g/mol. The summed E-state index contributed by atoms with van der Waals surface area (Å²) < 4.78 is 7.98. The Morgan fingerprint density at radius 2 is 2.35 bits per heavy atom. The maximum atomic E-state index is 10.7. The summed E-state index contributed by atoms with van der Waals surface area (Å²) in [4.78, 5) is 0. The lowest BCUT2D eigenvalue weighted by atomic mass is 9.78. The summed E-state index contributed by atoms with van der Waals surface area (Å²) in [5, 5.41) is 14.9. The first kappa shape index (κ1) is 14.4. The van der Waals surface area contributed by atoms with E-state index >= 15 is 0 Å². The zero-order valence-corrected chi connectivity index (χ0v) is 12.9. The Bertz CT molecular complexity index is 437. The molecule has 1 aromatic heterocycles. The smallest absolute Gasteiger partial charge is 0.0850 e. The molecule has 20 heavy (non-hydrogen) atoms. The number of hydrogen-bond donors (Lipinski definition) is 1. The van der Waals surface area contributed by atoms with Gasteiger partial charge in [0.1, 0.15) is 0 Å². The second-order valence-corrected chi connectivity index (χ2v) is 7.20. The fraction of sp³-hybridized carbons (Fsp3) is 0.800. The van der Waals surface area contributed by atoms with Crippen molar-refractivity contribution in [1.82, 2.24) is 9.78 Å². The van der Waals surface area contributed by atoms with E-state index in [9.17, 15) is 5.11 Å². The molecule has 0 radical (unpaired) electrons. The van der Waals surface area contributed by atoms with Crippen LogP contribution in [0.3, 0.4) is 0 Å². The van der Waals surface area contributed by atoms with E-state index in [0.29, 0.717) is 5.92 Å². The highest BCUT2D eigenvalue weighted by atomic mass is 32.2. The number of aryl methyl sites for hydroxylation is 1. The molecule has 0 amide bonds. The van der Waals surface area contributed by atoms with Crippen molar-refractivity contribution < 1.29 is 9.84 Å². The van der Waals surface area contributed by atoms with Crippen LogP contribution in [0.15, 0.2) is 12.4 Å². The molecule has 1 N–H and O–H groups in total. The molecule has 2 aliphatic heterocycles. The van der Waals surface area contributed by atoms with Gasteiger partial charge in [-0.15, -0.1) is 0 Å². The summed E-state index contributed by atoms with van der Waals surface area (Å²) >= 11 is 2.02. The normalized spacial score (nSPS) is 27.6. The van der Waals surface area contributed by atoms with Crippen molar-refractivity contribution in [1.29, 1.82) is 0 Å². The van der Waals surface area contributed by atoms with E-state index < -0.39 is 6.10 Å². The summed E-state index contributed by atoms with van der Waals surface area (Å²) in [6.07, 6.45) is 7.60. The molecule has 3 rings (SSSR count). The van der Waals surface area contributed by atoms with E-state index in [2.05, 4.69) is 12.0 Å². The molecule has 2 aliphatic rings. The molecule has 1 aromatic rings. The maximum Gasteiger partial charge on any atom is 0.0850 e. The first-order valence-electron chi connectivity index (χ1n) is 7.64. The number of rotatable bonds is 3. The van der Waals surface area contributed by atoms with Gasteiger partial charge in [0.15, 0.2) is 0 Å². The van der Waals surface area contributed by atoms with Crippen LogP contribution in [0, 0.1) is 5.92 Å². The van der Waals surface area contributed by atoms with Gasteiger partial charge in [-0.3, -0.25) is 4.68 Å². The predicted octanol–water partition coefficient (Wildman–Crippen LogP) is 2.63. The molecule has 0 aromatic carbocycles. The van der Waals surface area contributed by atoms with Crippen molar-refractivity contribution in [3.8, 4) is 0 Å². The first-order valence-corrected chi connectivity index (χ1v) is 8.80. The van der Waals surface area contributed by atoms with E-state index in [0.717, 1.165) is 44.4 Å². The number of hydrogen-bond acceptors (Lipinski definition) is 4. The highest BCUT2D eigenvalue weighted by Crippen LogP contribution is 2.43. The molecule has 0 bridgehead atoms. The van der Waals surface area contributed by atoms with Crippen LogP contribution in [0.2, 0.25) is 0 Å². The minimum Gasteiger partial charge on any atom is -0.388 e. The summed E-state index contributed by atoms with van der Waals surface area (Å²) in [5.74, 6) is 2.69. The van der Waals surface area contributed by atoms with Crippen molar-refractivity contribution in [2.24, 2.45) is 5.92 Å². The Morgan fingerprint density at radius 1 is 1.55 bits per heavy atom. The average Bonchev–Trinajstić information content (AvgIpc) is 2.96. The van der Waals surface area contributed by atoms with E-state index in [4.69, 9.17) is 4.74 Å². The molecule has 1 spiro atoms. The highest BCUT2D eigenvalue weighted by Gasteiger charge is 2.41. The molecule has 112 valence electrons. The summed E-state index contributed by atoms with van der Waals surface area (Å²) in [5.41, 5.74) is 0.995. The molecule has 3 heterocycles. The molecule has 2 saturated heterocycles. The number of thioether (sulfide) groups is 1. The van der Waals surface area contributed by atoms with Crippen molar-refractivity contribution in [2.75, 3.05) is 18.1 Å². The van der Waals surface area contributed by atoms with Gasteiger partial charge in [-0.1, -0.05) is 0 Å². The molecule has 0 aliphatic carbocycles. The van der Waals surface area contributed by atoms with Crippen LogP contribution in [0.5, 0.6) is 0 Å². The summed E-state index contributed by atoms with van der Waals surface area (Å²) in [6.45, 7) is 3.70. The third-order valence-corrected chi connectivity index (χ3v) is 5.69. The predicted molar refractivity (Wildman–Crippen MR) is 80.8 cm³/mol. The van der Waals surface area contributed by atoms with Gasteiger partial charge in [0, 0.05) is 24.9 Å². The van der Waals surface area contributed by atoms with Gasteiger partial charge in [-0.25, -0.2) is 0 Å². The van der Waals surface area contributed by atoms with Crippen LogP contribution in [-0.2, 0) is 11.3 Å². The standard InChI is InChI=1S/C15H24N2O2S/c1-2-17-11-13(10-16-17)14(18)12-3-6-19-15(9-12)4-7-20-8-5-15/h10-12,14,18H,2-9H2,1H3. The SMILES string of the molecule is CCn1cc(C(O)C2CCOC3(CCSCC3)C2)cn1. The van der Waals surface area contributed by atoms with Crippen molar-refractivity contribution in [2.45, 2.75) is 50.9 Å². The third-order valence-electron chi connectivity index (χ3n) is 4.70. The van der Waals surface area contributed by atoms with Crippen LogP contribution in [0.1, 0.15) is 44.3 Å². The number of aromatic nitrogens is 2. The van der Waals surface area contributed by atoms with E-state index in [1.54, 1.807) is 0 Å². The molecule has 4 nitrogen and oxygen atoms in total. The zero-order valence-electron chi connectivity index (χ0n) is 12.1. The lowest BCUT2D eigenvalue weighted by Crippen LogP contribution is -2.44. The summed E-state index contributed by atoms with van der Waals surface area (Å²) in [7, 11) is 0. The number of aliphatic hydroxyl groups excluding tert-OH is 1. The Kier molecular flexibility index (Phi) is 4.38. The minimum atomic E-state index is -0.398. The zero-order chi connectivity index (χ0) is 14.0. The second kappa shape index (κ2) is 6.08. The average molecular weight is 296 g/mol. The monoisotopic (exact) mass is 296 g/mol. The number of aliphatic hydroxyl groups is 1. The maximum absolute atomic E-state index is 10.7. The largest absolute Gasteiger partial charge is 0.388 e. The van der Waals surface area contributed by atoms with Gasteiger partial charge < -0.3 is 9.84 Å². The van der Waals surface area contributed by atoms with Crippen molar-refractivity contribution in [3.63, 3.8) is 0 Å². The Labute approximate surface area is 124 Å². The number of ether oxygens (including phenoxy) is 1. The third kappa shape index (κ3) is 2.90. The van der Waals surface area contributed by atoms with Crippen LogP contribution >= 0.6 is 11.8 Å². The Hall–Kier alpha value is -0.520. The number of nitrogens with zero attached hydrogens (tertiary/aromatic N) is 2. The lowest BCUT2D eigenvalue weighted by molar-refractivity contribution is -0.121. The van der Waals surface area contributed by atoms with Gasteiger partial charge in [0.2, 0.25) is 0 Å². The Balaban J connectivity index is 1.69. The van der Waals surface area contributed by atoms with Crippen LogP contribution in [-0.4, -0.2) is 38.6 Å². The van der Waals surface area contributed by atoms with Gasteiger partial charge in [-0.2, -0.15) is 16.9 Å². The van der Waals surface area contributed by atoms with Crippen molar-refractivity contribution in [3.05, 3.63) is 18.0 Å². The van der Waals surface area contributed by atoms with Gasteiger partial charge >= 0.3 is 0 Å². The van der Waals surface area contributed by atoms with Crippen molar-refractivity contribution >= 4 is 11.8 Å².